The van der Waals surface area contributed by atoms with Gasteiger partial charge >= 0.3 is 5.97 Å². The molecule has 4 rings (SSSR count). The first kappa shape index (κ1) is 30.9. The Hall–Kier alpha value is -3.08. The van der Waals surface area contributed by atoms with E-state index < -0.39 is 30.2 Å². The highest BCUT2D eigenvalue weighted by Gasteiger charge is 2.41. The number of amides is 1. The lowest BCUT2D eigenvalue weighted by Gasteiger charge is -2.35. The number of carbonyl (C=O) groups excluding carboxylic acids is 1. The molecule has 1 aromatic heterocycles. The average molecular weight is 571 g/mol. The maximum Gasteiger partial charge on any atom is 0.326 e. The molecule has 0 bridgehead atoms. The first-order chi connectivity index (χ1) is 19.8. The van der Waals surface area contributed by atoms with Crippen LogP contribution in [-0.4, -0.2) is 85.6 Å². The number of hydrogen-bond donors (Lipinski definition) is 3. The van der Waals surface area contributed by atoms with Gasteiger partial charge in [-0.15, -0.1) is 0 Å². The van der Waals surface area contributed by atoms with Gasteiger partial charge in [0.05, 0.1) is 24.7 Å². The number of anilines is 1. The fourth-order valence-corrected chi connectivity index (χ4v) is 5.62. The van der Waals surface area contributed by atoms with Crippen LogP contribution in [0.2, 0.25) is 0 Å². The van der Waals surface area contributed by atoms with Gasteiger partial charge in [0.1, 0.15) is 18.5 Å². The first-order valence-electron chi connectivity index (χ1n) is 14.6. The number of ether oxygens (including phenoxy) is 2. The van der Waals surface area contributed by atoms with Crippen molar-refractivity contribution in [3.8, 4) is 0 Å². The van der Waals surface area contributed by atoms with Crippen LogP contribution < -0.4 is 10.6 Å². The second-order valence-corrected chi connectivity index (χ2v) is 11.2. The molecule has 3 atom stereocenters. The predicted octanol–water partition coefficient (Wildman–Crippen LogP) is 3.50. The molecule has 3 N–H and O–H groups in total. The number of alkyl halides is 1. The number of rotatable bonds is 15. The van der Waals surface area contributed by atoms with Crippen molar-refractivity contribution in [1.29, 1.82) is 0 Å². The van der Waals surface area contributed by atoms with Crippen molar-refractivity contribution in [1.82, 2.24) is 15.2 Å². The normalized spacial score (nSPS) is 19.5. The number of aromatic nitrogens is 1. The summed E-state index contributed by atoms with van der Waals surface area (Å²) in [7, 11) is 1.48. The number of aryl methyl sites for hydroxylation is 2. The highest BCUT2D eigenvalue weighted by Crippen LogP contribution is 2.32. The number of hydrogen-bond acceptors (Lipinski definition) is 7. The minimum Gasteiger partial charge on any atom is -0.480 e. The average Bonchev–Trinajstić information content (AvgIpc) is 2.99. The number of halogens is 1. The first-order valence-corrected chi connectivity index (χ1v) is 14.6. The fourth-order valence-electron chi connectivity index (χ4n) is 5.62. The second-order valence-electron chi connectivity index (χ2n) is 11.2. The van der Waals surface area contributed by atoms with Gasteiger partial charge in [0.2, 0.25) is 5.91 Å². The van der Waals surface area contributed by atoms with E-state index >= 15 is 0 Å². The molecule has 0 saturated heterocycles. The number of benzene rings is 1. The molecule has 10 heteroatoms. The molecule has 1 unspecified atom stereocenters. The van der Waals surface area contributed by atoms with Gasteiger partial charge in [0.25, 0.3) is 0 Å². The monoisotopic (exact) mass is 570 g/mol. The number of nitrogens with one attached hydrogen (secondary N) is 2. The third kappa shape index (κ3) is 8.02. The smallest absolute Gasteiger partial charge is 0.326 e. The van der Waals surface area contributed by atoms with Crippen molar-refractivity contribution >= 4 is 17.7 Å². The Bertz CT molecular complexity index is 1180. The molecule has 3 heterocycles. The van der Waals surface area contributed by atoms with E-state index in [1.807, 2.05) is 29.2 Å². The summed E-state index contributed by atoms with van der Waals surface area (Å²) in [5.74, 6) is -0.498. The molecule has 0 saturated carbocycles. The zero-order valence-electron chi connectivity index (χ0n) is 24.2. The number of pyridine rings is 1. The van der Waals surface area contributed by atoms with Crippen molar-refractivity contribution in [2.24, 2.45) is 0 Å². The van der Waals surface area contributed by atoms with Crippen molar-refractivity contribution in [3.05, 3.63) is 58.8 Å². The Labute approximate surface area is 241 Å². The summed E-state index contributed by atoms with van der Waals surface area (Å²) in [4.78, 5) is 32.4. The van der Waals surface area contributed by atoms with Crippen molar-refractivity contribution in [2.75, 3.05) is 51.9 Å². The Morgan fingerprint density at radius 1 is 1.22 bits per heavy atom. The molecule has 2 aliphatic rings. The molecule has 224 valence electrons. The van der Waals surface area contributed by atoms with E-state index in [0.29, 0.717) is 26.2 Å². The Morgan fingerprint density at radius 3 is 2.83 bits per heavy atom. The Kier molecular flexibility index (Phi) is 11.1. The van der Waals surface area contributed by atoms with Crippen LogP contribution in [0.1, 0.15) is 55.0 Å². The molecular weight excluding hydrogens is 527 g/mol. The van der Waals surface area contributed by atoms with Crippen LogP contribution in [0.25, 0.3) is 0 Å². The fraction of sp³-hybridized carbons (Fsp3) is 0.581. The number of carboxylic acids is 1. The number of carboxylic acid groups (broad SMARTS) is 1. The van der Waals surface area contributed by atoms with E-state index in [1.54, 1.807) is 6.92 Å². The van der Waals surface area contributed by atoms with Gasteiger partial charge in [0.15, 0.2) is 0 Å². The van der Waals surface area contributed by atoms with E-state index in [9.17, 15) is 19.1 Å². The van der Waals surface area contributed by atoms with Gasteiger partial charge in [-0.05, 0) is 74.8 Å². The van der Waals surface area contributed by atoms with Gasteiger partial charge in [-0.25, -0.2) is 14.2 Å². The zero-order chi connectivity index (χ0) is 29.2. The summed E-state index contributed by atoms with van der Waals surface area (Å²) < 4.78 is 24.5. The highest BCUT2D eigenvalue weighted by molar-refractivity contribution is 5.91. The number of methoxy groups -OCH3 is 1. The van der Waals surface area contributed by atoms with E-state index in [0.717, 1.165) is 61.3 Å². The molecule has 9 nitrogen and oxygen atoms in total. The molecule has 1 amide bonds. The lowest BCUT2D eigenvalue weighted by atomic mass is 9.78. The molecule has 2 aromatic rings. The molecular formula is C31H43FN4O5. The molecule has 0 radical (unpaired) electrons. The third-order valence-corrected chi connectivity index (χ3v) is 8.18. The lowest BCUT2D eigenvalue weighted by molar-refractivity contribution is -0.143. The standard InChI is InChI=1S/C31H43FN4O5/c1-31(21-41-20-23-8-3-4-11-26(23)31)30(39)35-27(29(37)38)14-17-36(19-25(18-32)40-2)16-6-5-10-24-13-12-22-9-7-15-33-28(22)34-24/h3-4,8,11-13,25,27H,5-7,9-10,14-21H2,1-2H3,(H,33,34)(H,35,39)(H,37,38)/t25-,27+,31?/m1/s1. The van der Waals surface area contributed by atoms with Crippen LogP contribution >= 0.6 is 0 Å². The van der Waals surface area contributed by atoms with Crippen LogP contribution in [-0.2, 0) is 43.9 Å². The number of unbranched alkanes of at least 4 members (excludes halogenated alkanes) is 1. The van der Waals surface area contributed by atoms with Crippen LogP contribution in [0.15, 0.2) is 36.4 Å². The summed E-state index contributed by atoms with van der Waals surface area (Å²) in [6, 6.07) is 10.7. The number of nitrogens with zero attached hydrogens (tertiary/aromatic N) is 2. The second kappa shape index (κ2) is 14.7. The highest BCUT2D eigenvalue weighted by atomic mass is 19.1. The SMILES string of the molecule is CO[C@H](CF)CN(CCCCc1ccc2c(n1)NCCC2)CC[C@H](NC(=O)C1(C)COCc2ccccc21)C(=O)O. The van der Waals surface area contributed by atoms with E-state index in [-0.39, 0.29) is 18.9 Å². The van der Waals surface area contributed by atoms with Crippen LogP contribution in [0.5, 0.6) is 0 Å². The summed E-state index contributed by atoms with van der Waals surface area (Å²) in [6.45, 7) is 4.07. The van der Waals surface area contributed by atoms with Crippen LogP contribution in [0.3, 0.4) is 0 Å². The predicted molar refractivity (Wildman–Crippen MR) is 155 cm³/mol. The molecule has 41 heavy (non-hydrogen) atoms. The molecule has 1 aromatic carbocycles. The maximum absolute atomic E-state index is 13.5. The maximum atomic E-state index is 13.5. The third-order valence-electron chi connectivity index (χ3n) is 8.18. The quantitative estimate of drug-likeness (QED) is 0.279. The summed E-state index contributed by atoms with van der Waals surface area (Å²) in [5, 5.41) is 16.1. The van der Waals surface area contributed by atoms with Gasteiger partial charge in [0, 0.05) is 32.4 Å². The van der Waals surface area contributed by atoms with E-state index in [1.165, 1.54) is 12.7 Å². The summed E-state index contributed by atoms with van der Waals surface area (Å²) >= 11 is 0. The Balaban J connectivity index is 1.33. The summed E-state index contributed by atoms with van der Waals surface area (Å²) in [6.07, 6.45) is 4.32. The molecule has 2 aliphatic heterocycles. The van der Waals surface area contributed by atoms with Crippen molar-refractivity contribution in [2.45, 2.75) is 69.6 Å². The van der Waals surface area contributed by atoms with Crippen LogP contribution in [0, 0.1) is 0 Å². The zero-order valence-corrected chi connectivity index (χ0v) is 24.2. The van der Waals surface area contributed by atoms with Gasteiger partial charge in [-0.1, -0.05) is 30.3 Å². The van der Waals surface area contributed by atoms with Crippen molar-refractivity contribution in [3.63, 3.8) is 0 Å². The van der Waals surface area contributed by atoms with Gasteiger partial charge < -0.3 is 30.1 Å². The molecule has 0 aliphatic carbocycles. The number of fused-ring (bicyclic) bond motifs is 2. The molecule has 0 spiro atoms. The number of aliphatic carboxylic acids is 1. The van der Waals surface area contributed by atoms with Gasteiger partial charge in [-0.3, -0.25) is 4.79 Å². The number of carbonyl (C=O) groups is 2. The molecule has 0 fully saturated rings. The van der Waals surface area contributed by atoms with Crippen molar-refractivity contribution < 1.29 is 28.6 Å². The van der Waals surface area contributed by atoms with Gasteiger partial charge in [-0.2, -0.15) is 0 Å². The Morgan fingerprint density at radius 2 is 2.05 bits per heavy atom. The summed E-state index contributed by atoms with van der Waals surface area (Å²) in [5.41, 5.74) is 3.09. The minimum absolute atomic E-state index is 0.176. The van der Waals surface area contributed by atoms with Crippen LogP contribution in [0.4, 0.5) is 10.2 Å². The minimum atomic E-state index is -1.10. The largest absolute Gasteiger partial charge is 0.480 e. The topological polar surface area (TPSA) is 113 Å². The van der Waals surface area contributed by atoms with E-state index in [2.05, 4.69) is 22.8 Å². The lowest BCUT2D eigenvalue weighted by Crippen LogP contribution is -2.53. The van der Waals surface area contributed by atoms with E-state index in [4.69, 9.17) is 14.5 Å².